The summed E-state index contributed by atoms with van der Waals surface area (Å²) in [5.74, 6) is 0. The molecule has 3 aromatic carbocycles. The van der Waals surface area contributed by atoms with E-state index in [4.69, 9.17) is 0 Å². The Morgan fingerprint density at radius 1 is 0.917 bits per heavy atom. The highest BCUT2D eigenvalue weighted by molar-refractivity contribution is 5.97. The lowest BCUT2D eigenvalue weighted by Gasteiger charge is -2.18. The summed E-state index contributed by atoms with van der Waals surface area (Å²) >= 11 is 0. The quantitative estimate of drug-likeness (QED) is 0.642. The summed E-state index contributed by atoms with van der Waals surface area (Å²) in [7, 11) is 0. The number of carbonyl (C=O) groups is 1. The van der Waals surface area contributed by atoms with Crippen LogP contribution in [0.2, 0.25) is 0 Å². The molecule has 0 unspecified atom stereocenters. The molecule has 0 atom stereocenters. The lowest BCUT2D eigenvalue weighted by Crippen LogP contribution is -2.17. The van der Waals surface area contributed by atoms with Crippen molar-refractivity contribution in [1.82, 2.24) is 0 Å². The Labute approximate surface area is 142 Å². The Hall–Kier alpha value is -2.61. The maximum Gasteiger partial charge on any atom is 0.124 e. The lowest BCUT2D eigenvalue weighted by molar-refractivity contribution is -0.107. The Bertz CT molecular complexity index is 861. The number of hydrogen-bond acceptors (Lipinski definition) is 2. The van der Waals surface area contributed by atoms with Crippen molar-refractivity contribution in [1.29, 1.82) is 0 Å². The van der Waals surface area contributed by atoms with E-state index in [0.717, 1.165) is 24.9 Å². The van der Waals surface area contributed by atoms with Gasteiger partial charge in [-0.15, -0.1) is 0 Å². The average Bonchev–Trinajstić information content (AvgIpc) is 3.16. The number of rotatable bonds is 4. The van der Waals surface area contributed by atoms with Gasteiger partial charge in [0.15, 0.2) is 0 Å². The molecule has 120 valence electrons. The normalized spacial score (nSPS) is 14.2. The van der Waals surface area contributed by atoms with E-state index in [2.05, 4.69) is 59.5 Å². The molecular weight excluding hydrogens is 294 g/mol. The van der Waals surface area contributed by atoms with Crippen molar-refractivity contribution in [2.45, 2.75) is 19.3 Å². The Kier molecular flexibility index (Phi) is 4.04. The summed E-state index contributed by atoms with van der Waals surface area (Å²) in [4.78, 5) is 13.4. The summed E-state index contributed by atoms with van der Waals surface area (Å²) in [6, 6.07) is 21.5. The van der Waals surface area contributed by atoms with E-state index in [9.17, 15) is 4.79 Å². The molecule has 0 amide bonds. The molecule has 0 saturated carbocycles. The van der Waals surface area contributed by atoms with Gasteiger partial charge >= 0.3 is 0 Å². The predicted molar refractivity (Wildman–Crippen MR) is 101 cm³/mol. The second-order valence-electron chi connectivity index (χ2n) is 6.48. The summed E-state index contributed by atoms with van der Waals surface area (Å²) < 4.78 is 0. The standard InChI is InChI=1S/C22H21NO/c24-14-11-17-15-19-5-1-2-6-21(19)22(16-17)18-7-9-20(10-8-18)23-12-3-4-13-23/h1-2,5-10,14-16H,3-4,11-13H2. The minimum Gasteiger partial charge on any atom is -0.372 e. The topological polar surface area (TPSA) is 20.3 Å². The first-order valence-corrected chi connectivity index (χ1v) is 8.66. The SMILES string of the molecule is O=CCc1cc(-c2ccc(N3CCCC3)cc2)c2ccccc2c1. The fraction of sp³-hybridized carbons (Fsp3) is 0.227. The van der Waals surface area contributed by atoms with Gasteiger partial charge in [-0.3, -0.25) is 0 Å². The highest BCUT2D eigenvalue weighted by Gasteiger charge is 2.12. The van der Waals surface area contributed by atoms with E-state index in [1.54, 1.807) is 0 Å². The summed E-state index contributed by atoms with van der Waals surface area (Å²) in [5.41, 5.74) is 4.80. The van der Waals surface area contributed by atoms with Crippen molar-refractivity contribution in [2.75, 3.05) is 18.0 Å². The molecule has 1 heterocycles. The molecule has 1 fully saturated rings. The second kappa shape index (κ2) is 6.48. The maximum absolute atomic E-state index is 10.9. The average molecular weight is 315 g/mol. The largest absolute Gasteiger partial charge is 0.372 e. The number of aldehydes is 1. The van der Waals surface area contributed by atoms with Crippen LogP contribution in [0.3, 0.4) is 0 Å². The van der Waals surface area contributed by atoms with E-state index in [0.29, 0.717) is 6.42 Å². The molecule has 24 heavy (non-hydrogen) atoms. The van der Waals surface area contributed by atoms with Gasteiger partial charge in [-0.05, 0) is 52.4 Å². The highest BCUT2D eigenvalue weighted by Crippen LogP contribution is 2.32. The van der Waals surface area contributed by atoms with Crippen LogP contribution in [0.1, 0.15) is 18.4 Å². The molecule has 1 aliphatic rings. The summed E-state index contributed by atoms with van der Waals surface area (Å²) in [6.45, 7) is 2.33. The molecule has 2 heteroatoms. The number of anilines is 1. The third kappa shape index (κ3) is 2.80. The first kappa shape index (κ1) is 14.9. The Morgan fingerprint density at radius 3 is 2.42 bits per heavy atom. The fourth-order valence-corrected chi connectivity index (χ4v) is 3.65. The number of carbonyl (C=O) groups excluding carboxylic acids is 1. The van der Waals surface area contributed by atoms with Crippen molar-refractivity contribution in [3.8, 4) is 11.1 Å². The van der Waals surface area contributed by atoms with Crippen molar-refractivity contribution in [3.63, 3.8) is 0 Å². The fourth-order valence-electron chi connectivity index (χ4n) is 3.65. The zero-order chi connectivity index (χ0) is 16.4. The molecule has 0 bridgehead atoms. The molecule has 0 aromatic heterocycles. The van der Waals surface area contributed by atoms with Crippen molar-refractivity contribution >= 4 is 22.7 Å². The van der Waals surface area contributed by atoms with Gasteiger partial charge < -0.3 is 9.69 Å². The van der Waals surface area contributed by atoms with Gasteiger partial charge in [0, 0.05) is 25.2 Å². The lowest BCUT2D eigenvalue weighted by atomic mass is 9.94. The van der Waals surface area contributed by atoms with E-state index < -0.39 is 0 Å². The molecule has 1 aliphatic heterocycles. The van der Waals surface area contributed by atoms with Gasteiger partial charge in [-0.2, -0.15) is 0 Å². The van der Waals surface area contributed by atoms with Crippen molar-refractivity contribution < 1.29 is 4.79 Å². The van der Waals surface area contributed by atoms with Crippen LogP contribution in [0.4, 0.5) is 5.69 Å². The number of nitrogens with zero attached hydrogens (tertiary/aromatic N) is 1. The molecule has 4 rings (SSSR count). The monoisotopic (exact) mass is 315 g/mol. The van der Waals surface area contributed by atoms with Crippen molar-refractivity contribution in [2.24, 2.45) is 0 Å². The number of fused-ring (bicyclic) bond motifs is 1. The van der Waals surface area contributed by atoms with Crippen LogP contribution in [0.25, 0.3) is 21.9 Å². The van der Waals surface area contributed by atoms with Gasteiger partial charge in [-0.25, -0.2) is 0 Å². The van der Waals surface area contributed by atoms with E-state index in [1.165, 1.54) is 40.4 Å². The third-order valence-corrected chi connectivity index (χ3v) is 4.89. The van der Waals surface area contributed by atoms with Gasteiger partial charge in [0.05, 0.1) is 0 Å². The molecule has 0 aliphatic carbocycles. The predicted octanol–water partition coefficient (Wildman–Crippen LogP) is 4.85. The van der Waals surface area contributed by atoms with E-state index in [-0.39, 0.29) is 0 Å². The molecule has 0 N–H and O–H groups in total. The first-order valence-electron chi connectivity index (χ1n) is 8.66. The highest BCUT2D eigenvalue weighted by atomic mass is 16.1. The first-order chi connectivity index (χ1) is 11.8. The van der Waals surface area contributed by atoms with Crippen LogP contribution in [-0.4, -0.2) is 19.4 Å². The third-order valence-electron chi connectivity index (χ3n) is 4.89. The second-order valence-corrected chi connectivity index (χ2v) is 6.48. The van der Waals surface area contributed by atoms with E-state index >= 15 is 0 Å². The summed E-state index contributed by atoms with van der Waals surface area (Å²) in [6.07, 6.45) is 4.02. The Balaban J connectivity index is 1.78. The van der Waals surface area contributed by atoms with Crippen LogP contribution in [0, 0.1) is 0 Å². The van der Waals surface area contributed by atoms with Crippen LogP contribution in [0.5, 0.6) is 0 Å². The van der Waals surface area contributed by atoms with Crippen molar-refractivity contribution in [3.05, 3.63) is 66.2 Å². The molecule has 0 radical (unpaired) electrons. The van der Waals surface area contributed by atoms with Crippen LogP contribution < -0.4 is 4.90 Å². The maximum atomic E-state index is 10.9. The van der Waals surface area contributed by atoms with Crippen LogP contribution >= 0.6 is 0 Å². The van der Waals surface area contributed by atoms with Crippen LogP contribution in [0.15, 0.2) is 60.7 Å². The van der Waals surface area contributed by atoms with Gasteiger partial charge in [0.25, 0.3) is 0 Å². The molecule has 0 spiro atoms. The zero-order valence-electron chi connectivity index (χ0n) is 13.7. The van der Waals surface area contributed by atoms with Crippen LogP contribution in [-0.2, 0) is 11.2 Å². The van der Waals surface area contributed by atoms with Gasteiger partial charge in [0.2, 0.25) is 0 Å². The number of benzene rings is 3. The Morgan fingerprint density at radius 2 is 1.67 bits per heavy atom. The van der Waals surface area contributed by atoms with Gasteiger partial charge in [0.1, 0.15) is 6.29 Å². The van der Waals surface area contributed by atoms with Gasteiger partial charge in [-0.1, -0.05) is 48.5 Å². The minimum atomic E-state index is 0.462. The number of hydrogen-bond donors (Lipinski definition) is 0. The smallest absolute Gasteiger partial charge is 0.124 e. The summed E-state index contributed by atoms with van der Waals surface area (Å²) in [5, 5.41) is 2.43. The minimum absolute atomic E-state index is 0.462. The molecule has 1 saturated heterocycles. The molecule has 2 nitrogen and oxygen atoms in total. The molecular formula is C22H21NO. The zero-order valence-corrected chi connectivity index (χ0v) is 13.7. The molecule has 3 aromatic rings. The van der Waals surface area contributed by atoms with E-state index in [1.807, 2.05) is 6.07 Å².